The normalized spacial score (nSPS) is 10.7. The third-order valence-electron chi connectivity index (χ3n) is 4.35. The number of aryl methyl sites for hydroxylation is 1. The summed E-state index contributed by atoms with van der Waals surface area (Å²) in [5.74, 6) is 0.350. The van der Waals surface area contributed by atoms with Crippen molar-refractivity contribution in [2.45, 2.75) is 6.92 Å². The van der Waals surface area contributed by atoms with Crippen molar-refractivity contribution in [3.63, 3.8) is 0 Å². The first-order valence-electron chi connectivity index (χ1n) is 8.87. The van der Waals surface area contributed by atoms with E-state index in [0.717, 1.165) is 31.4 Å². The first-order chi connectivity index (χ1) is 14.0. The van der Waals surface area contributed by atoms with Crippen molar-refractivity contribution >= 4 is 43.5 Å². The van der Waals surface area contributed by atoms with Gasteiger partial charge in [0, 0.05) is 20.2 Å². The predicted octanol–water partition coefficient (Wildman–Crippen LogP) is 6.02. The van der Waals surface area contributed by atoms with E-state index in [-0.39, 0.29) is 11.7 Å². The molecule has 7 heteroatoms. The Kier molecular flexibility index (Phi) is 5.60. The number of hydrogen-bond donors (Lipinski definition) is 1. The van der Waals surface area contributed by atoms with Crippen LogP contribution < -0.4 is 5.32 Å². The summed E-state index contributed by atoms with van der Waals surface area (Å²) in [6.07, 6.45) is 0. The zero-order chi connectivity index (χ0) is 20.4. The highest BCUT2D eigenvalue weighted by Crippen LogP contribution is 2.24. The lowest BCUT2D eigenvalue weighted by atomic mass is 10.2. The van der Waals surface area contributed by atoms with E-state index in [1.807, 2.05) is 79.7 Å². The lowest BCUT2D eigenvalue weighted by Gasteiger charge is -2.06. The molecule has 4 rings (SSSR count). The van der Waals surface area contributed by atoms with Crippen LogP contribution in [0.5, 0.6) is 0 Å². The number of benzene rings is 3. The van der Waals surface area contributed by atoms with Gasteiger partial charge in [0.2, 0.25) is 5.82 Å². The molecule has 0 radical (unpaired) electrons. The van der Waals surface area contributed by atoms with Gasteiger partial charge >= 0.3 is 0 Å². The molecule has 0 bridgehead atoms. The SMILES string of the molecule is Cc1cc(Br)ccc1NC(=O)c1nc(-c2ccccc2)n(-c2ccc(Br)cc2)n1. The van der Waals surface area contributed by atoms with Crippen molar-refractivity contribution in [1.82, 2.24) is 14.8 Å². The van der Waals surface area contributed by atoms with Crippen LogP contribution in [0.25, 0.3) is 17.1 Å². The number of rotatable bonds is 4. The highest BCUT2D eigenvalue weighted by atomic mass is 79.9. The Hall–Kier alpha value is -2.77. The summed E-state index contributed by atoms with van der Waals surface area (Å²) in [5.41, 5.74) is 3.36. The van der Waals surface area contributed by atoms with Crippen molar-refractivity contribution in [3.05, 3.63) is 93.1 Å². The molecule has 0 unspecified atom stereocenters. The van der Waals surface area contributed by atoms with Crippen molar-refractivity contribution in [2.75, 3.05) is 5.32 Å². The molecule has 0 aliphatic carbocycles. The van der Waals surface area contributed by atoms with Crippen molar-refractivity contribution < 1.29 is 4.79 Å². The maximum atomic E-state index is 12.9. The average molecular weight is 512 g/mol. The van der Waals surface area contributed by atoms with Gasteiger partial charge in [-0.15, -0.1) is 5.10 Å². The van der Waals surface area contributed by atoms with E-state index in [4.69, 9.17) is 0 Å². The Morgan fingerprint density at radius 3 is 2.31 bits per heavy atom. The molecule has 1 heterocycles. The molecule has 4 aromatic rings. The first-order valence-corrected chi connectivity index (χ1v) is 10.5. The molecule has 1 N–H and O–H groups in total. The van der Waals surface area contributed by atoms with Gasteiger partial charge in [-0.3, -0.25) is 4.79 Å². The molecule has 0 saturated carbocycles. The molecule has 144 valence electrons. The second-order valence-electron chi connectivity index (χ2n) is 6.43. The van der Waals surface area contributed by atoms with Crippen LogP contribution in [0.15, 0.2) is 81.7 Å². The van der Waals surface area contributed by atoms with Gasteiger partial charge in [0.05, 0.1) is 5.69 Å². The summed E-state index contributed by atoms with van der Waals surface area (Å²) >= 11 is 6.88. The van der Waals surface area contributed by atoms with E-state index in [1.165, 1.54) is 0 Å². The van der Waals surface area contributed by atoms with Crippen LogP contribution in [-0.4, -0.2) is 20.7 Å². The maximum absolute atomic E-state index is 12.9. The predicted molar refractivity (Wildman–Crippen MR) is 121 cm³/mol. The molecule has 0 spiro atoms. The van der Waals surface area contributed by atoms with Crippen LogP contribution >= 0.6 is 31.9 Å². The standard InChI is InChI=1S/C22H16Br2N4O/c1-14-13-17(24)9-12-19(14)25-22(29)20-26-21(15-5-3-2-4-6-15)28(27-20)18-10-7-16(23)8-11-18/h2-13H,1H3,(H,25,29). The molecule has 29 heavy (non-hydrogen) atoms. The van der Waals surface area contributed by atoms with E-state index in [0.29, 0.717) is 5.82 Å². The molecule has 0 atom stereocenters. The molecule has 0 aliphatic rings. The number of amides is 1. The largest absolute Gasteiger partial charge is 0.319 e. The lowest BCUT2D eigenvalue weighted by molar-refractivity contribution is 0.101. The van der Waals surface area contributed by atoms with Gasteiger partial charge in [-0.1, -0.05) is 62.2 Å². The Morgan fingerprint density at radius 1 is 0.931 bits per heavy atom. The minimum absolute atomic E-state index is 0.106. The van der Waals surface area contributed by atoms with Crippen LogP contribution in [0.2, 0.25) is 0 Å². The van der Waals surface area contributed by atoms with Crippen LogP contribution in [0.1, 0.15) is 16.2 Å². The van der Waals surface area contributed by atoms with Gasteiger partial charge in [-0.2, -0.15) is 0 Å². The number of nitrogens with zero attached hydrogens (tertiary/aromatic N) is 3. The number of hydrogen-bond acceptors (Lipinski definition) is 3. The Balaban J connectivity index is 1.74. The molecule has 5 nitrogen and oxygen atoms in total. The topological polar surface area (TPSA) is 59.8 Å². The van der Waals surface area contributed by atoms with Crippen molar-refractivity contribution in [2.24, 2.45) is 0 Å². The third-order valence-corrected chi connectivity index (χ3v) is 5.37. The van der Waals surface area contributed by atoms with Gasteiger partial charge in [0.25, 0.3) is 5.91 Å². The molecule has 0 saturated heterocycles. The Bertz CT molecular complexity index is 1170. The van der Waals surface area contributed by atoms with Crippen LogP contribution in [-0.2, 0) is 0 Å². The molecule has 1 aromatic heterocycles. The second kappa shape index (κ2) is 8.31. The summed E-state index contributed by atoms with van der Waals surface area (Å²) < 4.78 is 3.61. The summed E-state index contributed by atoms with van der Waals surface area (Å²) in [5, 5.41) is 7.40. The smallest absolute Gasteiger partial charge is 0.295 e. The van der Waals surface area contributed by atoms with E-state index in [1.54, 1.807) is 4.68 Å². The highest BCUT2D eigenvalue weighted by molar-refractivity contribution is 9.10. The number of carbonyl (C=O) groups excluding carboxylic acids is 1. The number of aromatic nitrogens is 3. The molecule has 0 aliphatic heterocycles. The zero-order valence-corrected chi connectivity index (χ0v) is 18.6. The monoisotopic (exact) mass is 510 g/mol. The minimum Gasteiger partial charge on any atom is -0.319 e. The fourth-order valence-corrected chi connectivity index (χ4v) is 3.63. The average Bonchev–Trinajstić information content (AvgIpc) is 3.17. The fourth-order valence-electron chi connectivity index (χ4n) is 2.89. The molecule has 3 aromatic carbocycles. The fraction of sp³-hybridized carbons (Fsp3) is 0.0455. The Labute approximate surface area is 185 Å². The molecular weight excluding hydrogens is 496 g/mol. The van der Waals surface area contributed by atoms with Crippen LogP contribution in [0.3, 0.4) is 0 Å². The van der Waals surface area contributed by atoms with Gasteiger partial charge in [0.15, 0.2) is 5.82 Å². The van der Waals surface area contributed by atoms with Gasteiger partial charge in [-0.05, 0) is 55.0 Å². The number of halogens is 2. The molecule has 1 amide bonds. The molecular formula is C22H16Br2N4O. The van der Waals surface area contributed by atoms with Crippen LogP contribution in [0.4, 0.5) is 5.69 Å². The van der Waals surface area contributed by atoms with E-state index < -0.39 is 0 Å². The molecule has 0 fully saturated rings. The number of anilines is 1. The second-order valence-corrected chi connectivity index (χ2v) is 8.26. The van der Waals surface area contributed by atoms with Crippen molar-refractivity contribution in [1.29, 1.82) is 0 Å². The summed E-state index contributed by atoms with van der Waals surface area (Å²) in [7, 11) is 0. The summed E-state index contributed by atoms with van der Waals surface area (Å²) in [6.45, 7) is 1.93. The minimum atomic E-state index is -0.358. The zero-order valence-electron chi connectivity index (χ0n) is 15.4. The number of nitrogens with one attached hydrogen (secondary N) is 1. The quantitative estimate of drug-likeness (QED) is 0.364. The van der Waals surface area contributed by atoms with Crippen LogP contribution in [0, 0.1) is 6.92 Å². The van der Waals surface area contributed by atoms with Gasteiger partial charge < -0.3 is 5.32 Å². The third kappa shape index (κ3) is 4.31. The maximum Gasteiger partial charge on any atom is 0.295 e. The first kappa shape index (κ1) is 19.5. The summed E-state index contributed by atoms with van der Waals surface area (Å²) in [6, 6.07) is 23.1. The summed E-state index contributed by atoms with van der Waals surface area (Å²) in [4.78, 5) is 17.4. The number of carbonyl (C=O) groups is 1. The van der Waals surface area contributed by atoms with E-state index >= 15 is 0 Å². The lowest BCUT2D eigenvalue weighted by Crippen LogP contribution is -2.15. The Morgan fingerprint density at radius 2 is 1.62 bits per heavy atom. The van der Waals surface area contributed by atoms with Gasteiger partial charge in [-0.25, -0.2) is 9.67 Å². The van der Waals surface area contributed by atoms with E-state index in [2.05, 4.69) is 47.3 Å². The van der Waals surface area contributed by atoms with Gasteiger partial charge in [0.1, 0.15) is 0 Å². The van der Waals surface area contributed by atoms with E-state index in [9.17, 15) is 4.79 Å². The van der Waals surface area contributed by atoms with Crippen molar-refractivity contribution in [3.8, 4) is 17.1 Å². The highest BCUT2D eigenvalue weighted by Gasteiger charge is 2.19.